The van der Waals surface area contributed by atoms with Crippen LogP contribution in [0.4, 0.5) is 11.4 Å². The molecular formula is C22H28ClN3O2. The number of anilines is 2. The van der Waals surface area contributed by atoms with E-state index in [4.69, 9.17) is 16.3 Å². The summed E-state index contributed by atoms with van der Waals surface area (Å²) in [5.74, 6) is -0.0447. The van der Waals surface area contributed by atoms with Gasteiger partial charge in [0.05, 0.1) is 19.3 Å². The maximum Gasteiger partial charge on any atom is 0.241 e. The van der Waals surface area contributed by atoms with Gasteiger partial charge in [-0.1, -0.05) is 35.9 Å². The number of benzene rings is 2. The van der Waals surface area contributed by atoms with Crippen LogP contribution in [0, 0.1) is 6.92 Å². The van der Waals surface area contributed by atoms with Crippen molar-refractivity contribution in [3.05, 3.63) is 58.6 Å². The molecule has 1 N–H and O–H groups in total. The Morgan fingerprint density at radius 2 is 1.93 bits per heavy atom. The van der Waals surface area contributed by atoms with Gasteiger partial charge in [0.15, 0.2) is 0 Å². The fraction of sp³-hybridized carbons (Fsp3) is 0.409. The lowest BCUT2D eigenvalue weighted by atomic mass is 10.1. The third-order valence-corrected chi connectivity index (χ3v) is 5.74. The van der Waals surface area contributed by atoms with Gasteiger partial charge in [0.1, 0.15) is 0 Å². The van der Waals surface area contributed by atoms with Gasteiger partial charge in [-0.15, -0.1) is 0 Å². The molecular weight excluding hydrogens is 374 g/mol. The molecule has 1 amide bonds. The van der Waals surface area contributed by atoms with Crippen molar-refractivity contribution >= 4 is 28.9 Å². The molecule has 0 aromatic heterocycles. The number of morpholine rings is 1. The molecule has 1 unspecified atom stereocenters. The summed E-state index contributed by atoms with van der Waals surface area (Å²) in [6.07, 6.45) is 0. The lowest BCUT2D eigenvalue weighted by Crippen LogP contribution is -2.40. The summed E-state index contributed by atoms with van der Waals surface area (Å²) >= 11 is 6.16. The van der Waals surface area contributed by atoms with Crippen LogP contribution in [0.3, 0.4) is 0 Å². The molecule has 3 rings (SSSR count). The number of amides is 1. The summed E-state index contributed by atoms with van der Waals surface area (Å²) in [5, 5.41) is 3.65. The van der Waals surface area contributed by atoms with Crippen LogP contribution in [0.2, 0.25) is 5.02 Å². The van der Waals surface area contributed by atoms with E-state index < -0.39 is 0 Å². The maximum absolute atomic E-state index is 12.8. The second-order valence-corrected chi connectivity index (χ2v) is 7.63. The van der Waals surface area contributed by atoms with Crippen LogP contribution in [0.1, 0.15) is 18.1 Å². The van der Waals surface area contributed by atoms with Gasteiger partial charge in [-0.05, 0) is 50.2 Å². The second kappa shape index (κ2) is 9.41. The molecule has 1 aliphatic heterocycles. The van der Waals surface area contributed by atoms with E-state index in [1.54, 1.807) is 0 Å². The molecule has 1 fully saturated rings. The first-order valence-corrected chi connectivity index (χ1v) is 10.0. The van der Waals surface area contributed by atoms with Gasteiger partial charge < -0.3 is 15.0 Å². The van der Waals surface area contributed by atoms with Gasteiger partial charge in [0, 0.05) is 36.0 Å². The highest BCUT2D eigenvalue weighted by molar-refractivity contribution is 6.31. The average molecular weight is 402 g/mol. The van der Waals surface area contributed by atoms with Crippen LogP contribution >= 0.6 is 11.6 Å². The minimum absolute atomic E-state index is 0.0447. The Kier molecular flexibility index (Phi) is 6.94. The van der Waals surface area contributed by atoms with Crippen molar-refractivity contribution in [2.45, 2.75) is 26.4 Å². The molecule has 6 heteroatoms. The lowest BCUT2D eigenvalue weighted by molar-refractivity contribution is -0.120. The Morgan fingerprint density at radius 3 is 2.68 bits per heavy atom. The Bertz CT molecular complexity index is 821. The number of halogens is 1. The van der Waals surface area contributed by atoms with Gasteiger partial charge in [0.25, 0.3) is 0 Å². The van der Waals surface area contributed by atoms with E-state index in [2.05, 4.69) is 33.3 Å². The van der Waals surface area contributed by atoms with Crippen LogP contribution in [0.25, 0.3) is 0 Å². The highest BCUT2D eigenvalue weighted by atomic mass is 35.5. The zero-order valence-corrected chi connectivity index (χ0v) is 17.5. The van der Waals surface area contributed by atoms with Crippen molar-refractivity contribution in [3.8, 4) is 0 Å². The molecule has 0 aliphatic carbocycles. The zero-order valence-electron chi connectivity index (χ0n) is 16.7. The van der Waals surface area contributed by atoms with Gasteiger partial charge in [0.2, 0.25) is 5.91 Å². The third-order valence-electron chi connectivity index (χ3n) is 5.33. The average Bonchev–Trinajstić information content (AvgIpc) is 2.71. The standard InChI is InChI=1S/C22H28ClN3O2/c1-16-19(23)8-6-9-20(16)24-22(27)17(2)25(3)15-18-7-4-5-10-21(18)26-11-13-28-14-12-26/h4-10,17H,11-15H2,1-3H3,(H,24,27). The minimum atomic E-state index is -0.281. The molecule has 0 bridgehead atoms. The van der Waals surface area contributed by atoms with Gasteiger partial charge in [-0.2, -0.15) is 0 Å². The van der Waals surface area contributed by atoms with E-state index in [0.29, 0.717) is 11.6 Å². The van der Waals surface area contributed by atoms with Crippen LogP contribution in [0.15, 0.2) is 42.5 Å². The monoisotopic (exact) mass is 401 g/mol. The summed E-state index contributed by atoms with van der Waals surface area (Å²) in [6, 6.07) is 13.7. The van der Waals surface area contributed by atoms with Crippen molar-refractivity contribution in [2.24, 2.45) is 0 Å². The molecule has 1 saturated heterocycles. The number of hydrogen-bond donors (Lipinski definition) is 1. The number of likely N-dealkylation sites (N-methyl/N-ethyl adjacent to an activating group) is 1. The summed E-state index contributed by atoms with van der Waals surface area (Å²) in [5.41, 5.74) is 4.07. The maximum atomic E-state index is 12.8. The fourth-order valence-electron chi connectivity index (χ4n) is 3.34. The van der Waals surface area contributed by atoms with Crippen LogP contribution in [-0.2, 0) is 16.1 Å². The predicted octanol–water partition coefficient (Wildman–Crippen LogP) is 3.94. The molecule has 2 aromatic carbocycles. The summed E-state index contributed by atoms with van der Waals surface area (Å²) < 4.78 is 5.47. The molecule has 28 heavy (non-hydrogen) atoms. The first kappa shape index (κ1) is 20.6. The van der Waals surface area contributed by atoms with Crippen molar-refractivity contribution < 1.29 is 9.53 Å². The number of carbonyl (C=O) groups excluding carboxylic acids is 1. The Hall–Kier alpha value is -2.08. The molecule has 1 atom stereocenters. The second-order valence-electron chi connectivity index (χ2n) is 7.22. The molecule has 2 aromatic rings. The van der Waals surface area contributed by atoms with Crippen molar-refractivity contribution in [3.63, 3.8) is 0 Å². The van der Waals surface area contributed by atoms with E-state index in [1.165, 1.54) is 11.3 Å². The number of ether oxygens (including phenoxy) is 1. The Balaban J connectivity index is 1.68. The Morgan fingerprint density at radius 1 is 1.21 bits per heavy atom. The number of carbonyl (C=O) groups is 1. The van der Waals surface area contributed by atoms with Gasteiger partial charge in [-0.25, -0.2) is 0 Å². The highest BCUT2D eigenvalue weighted by Crippen LogP contribution is 2.25. The van der Waals surface area contributed by atoms with E-state index in [-0.39, 0.29) is 11.9 Å². The number of rotatable bonds is 6. The number of nitrogens with zero attached hydrogens (tertiary/aromatic N) is 2. The smallest absolute Gasteiger partial charge is 0.241 e. The van der Waals surface area contributed by atoms with E-state index >= 15 is 0 Å². The largest absolute Gasteiger partial charge is 0.378 e. The number of para-hydroxylation sites is 1. The van der Waals surface area contributed by atoms with Crippen molar-refractivity contribution in [1.29, 1.82) is 0 Å². The summed E-state index contributed by atoms with van der Waals surface area (Å²) in [6.45, 7) is 7.81. The van der Waals surface area contributed by atoms with Crippen molar-refractivity contribution in [2.75, 3.05) is 43.6 Å². The zero-order chi connectivity index (χ0) is 20.1. The molecule has 0 spiro atoms. The SMILES string of the molecule is Cc1c(Cl)cccc1NC(=O)C(C)N(C)Cc1ccccc1N1CCOCC1. The summed E-state index contributed by atoms with van der Waals surface area (Å²) in [7, 11) is 1.98. The third kappa shape index (κ3) is 4.85. The molecule has 5 nitrogen and oxygen atoms in total. The number of nitrogens with one attached hydrogen (secondary N) is 1. The van der Waals surface area contributed by atoms with Crippen LogP contribution in [-0.4, -0.2) is 50.2 Å². The molecule has 1 aliphatic rings. The molecule has 0 radical (unpaired) electrons. The van der Waals surface area contributed by atoms with E-state index in [1.807, 2.05) is 45.2 Å². The fourth-order valence-corrected chi connectivity index (χ4v) is 3.52. The van der Waals surface area contributed by atoms with Gasteiger partial charge in [-0.3, -0.25) is 9.69 Å². The van der Waals surface area contributed by atoms with Crippen LogP contribution < -0.4 is 10.2 Å². The lowest BCUT2D eigenvalue weighted by Gasteiger charge is -2.32. The topological polar surface area (TPSA) is 44.8 Å². The molecule has 0 saturated carbocycles. The van der Waals surface area contributed by atoms with Crippen LogP contribution in [0.5, 0.6) is 0 Å². The molecule has 150 valence electrons. The molecule has 1 heterocycles. The van der Waals surface area contributed by atoms with Crippen molar-refractivity contribution in [1.82, 2.24) is 4.90 Å². The normalized spacial score (nSPS) is 15.5. The first-order valence-electron chi connectivity index (χ1n) is 9.64. The highest BCUT2D eigenvalue weighted by Gasteiger charge is 2.21. The quantitative estimate of drug-likeness (QED) is 0.796. The van der Waals surface area contributed by atoms with E-state index in [0.717, 1.165) is 37.6 Å². The Labute approximate surface area is 172 Å². The minimum Gasteiger partial charge on any atom is -0.378 e. The summed E-state index contributed by atoms with van der Waals surface area (Å²) in [4.78, 5) is 17.2. The predicted molar refractivity (Wildman–Crippen MR) is 115 cm³/mol. The van der Waals surface area contributed by atoms with E-state index in [9.17, 15) is 4.79 Å². The van der Waals surface area contributed by atoms with Gasteiger partial charge >= 0.3 is 0 Å². The first-order chi connectivity index (χ1) is 13.5. The number of hydrogen-bond acceptors (Lipinski definition) is 4.